The van der Waals surface area contributed by atoms with Crippen LogP contribution in [0, 0.1) is 11.2 Å². The molecular weight excluding hydrogens is 440 g/mol. The highest BCUT2D eigenvalue weighted by atomic mass is 19.4. The average Bonchev–Trinajstić information content (AvgIpc) is 3.45. The molecular formula is C22H26F4N6O. The molecule has 3 fully saturated rings. The highest BCUT2D eigenvalue weighted by Crippen LogP contribution is 2.42. The van der Waals surface area contributed by atoms with Crippen molar-refractivity contribution < 1.29 is 22.4 Å². The number of likely N-dealkylation sites (tertiary alicyclic amines) is 3. The fourth-order valence-electron chi connectivity index (χ4n) is 5.26. The average molecular weight is 466 g/mol. The van der Waals surface area contributed by atoms with Gasteiger partial charge in [-0.2, -0.15) is 13.2 Å². The van der Waals surface area contributed by atoms with E-state index < -0.39 is 17.6 Å². The molecule has 0 bridgehead atoms. The van der Waals surface area contributed by atoms with Crippen molar-refractivity contribution in [3.8, 4) is 0 Å². The van der Waals surface area contributed by atoms with Crippen LogP contribution in [0.5, 0.6) is 0 Å². The zero-order chi connectivity index (χ0) is 23.2. The number of urea groups is 1. The summed E-state index contributed by atoms with van der Waals surface area (Å²) in [5.74, 6) is 0.197. The van der Waals surface area contributed by atoms with Crippen LogP contribution < -0.4 is 0 Å². The molecule has 0 saturated carbocycles. The third-order valence-electron chi connectivity index (χ3n) is 7.30. The molecule has 2 aromatic rings. The second-order valence-corrected chi connectivity index (χ2v) is 9.52. The molecule has 5 rings (SSSR count). The quantitative estimate of drug-likeness (QED) is 0.704. The lowest BCUT2D eigenvalue weighted by Gasteiger charge is -2.54. The summed E-state index contributed by atoms with van der Waals surface area (Å²) in [5, 5.41) is 7.88. The van der Waals surface area contributed by atoms with Gasteiger partial charge in [-0.15, -0.1) is 10.2 Å². The number of rotatable bonds is 3. The van der Waals surface area contributed by atoms with Gasteiger partial charge in [0.05, 0.1) is 5.56 Å². The van der Waals surface area contributed by atoms with Crippen molar-refractivity contribution in [2.24, 2.45) is 5.41 Å². The number of aromatic nitrogens is 3. The van der Waals surface area contributed by atoms with E-state index in [2.05, 4.69) is 20.1 Å². The van der Waals surface area contributed by atoms with Gasteiger partial charge < -0.3 is 14.8 Å². The zero-order valence-corrected chi connectivity index (χ0v) is 18.1. The molecule has 1 atom stereocenters. The van der Waals surface area contributed by atoms with E-state index in [0.717, 1.165) is 57.3 Å². The normalized spacial score (nSPS) is 23.2. The number of carbonyl (C=O) groups excluding carboxylic acids is 1. The van der Waals surface area contributed by atoms with E-state index in [9.17, 15) is 22.4 Å². The van der Waals surface area contributed by atoms with Crippen molar-refractivity contribution in [1.29, 1.82) is 0 Å². The molecule has 1 N–H and O–H groups in total. The van der Waals surface area contributed by atoms with Crippen LogP contribution in [0.25, 0.3) is 0 Å². The van der Waals surface area contributed by atoms with Crippen LogP contribution >= 0.6 is 0 Å². The molecule has 2 amide bonds. The number of alkyl halides is 3. The molecule has 7 nitrogen and oxygen atoms in total. The molecule has 3 aliphatic rings. The molecule has 1 spiro atoms. The lowest BCUT2D eigenvalue weighted by atomic mass is 9.72. The first-order chi connectivity index (χ1) is 15.7. The van der Waals surface area contributed by atoms with Gasteiger partial charge in [-0.25, -0.2) is 9.18 Å². The van der Waals surface area contributed by atoms with Crippen LogP contribution in [0.2, 0.25) is 0 Å². The molecule has 0 unspecified atom stereocenters. The Labute approximate surface area is 188 Å². The summed E-state index contributed by atoms with van der Waals surface area (Å²) in [5.41, 5.74) is -0.597. The first-order valence-corrected chi connectivity index (χ1v) is 11.2. The Morgan fingerprint density at radius 2 is 1.91 bits per heavy atom. The van der Waals surface area contributed by atoms with E-state index in [0.29, 0.717) is 25.7 Å². The number of piperidine rings is 1. The second kappa shape index (κ2) is 8.27. The molecule has 0 radical (unpaired) electrons. The molecule has 178 valence electrons. The summed E-state index contributed by atoms with van der Waals surface area (Å²) >= 11 is 0. The van der Waals surface area contributed by atoms with E-state index >= 15 is 0 Å². The van der Waals surface area contributed by atoms with Crippen LogP contribution in [0.3, 0.4) is 0 Å². The predicted octanol–water partition coefficient (Wildman–Crippen LogP) is 3.47. The lowest BCUT2D eigenvalue weighted by molar-refractivity contribution is -0.137. The van der Waals surface area contributed by atoms with Gasteiger partial charge in [0.25, 0.3) is 0 Å². The van der Waals surface area contributed by atoms with Crippen molar-refractivity contribution in [3.63, 3.8) is 0 Å². The summed E-state index contributed by atoms with van der Waals surface area (Å²) in [6, 6.07) is 2.80. The molecule has 4 heterocycles. The summed E-state index contributed by atoms with van der Waals surface area (Å²) in [6.07, 6.45) is -0.345. The maximum Gasteiger partial charge on any atom is 0.416 e. The first kappa shape index (κ1) is 22.1. The van der Waals surface area contributed by atoms with E-state index in [4.69, 9.17) is 0 Å². The molecule has 1 aromatic carbocycles. The summed E-state index contributed by atoms with van der Waals surface area (Å²) in [4.78, 5) is 21.8. The van der Waals surface area contributed by atoms with Gasteiger partial charge in [0.15, 0.2) is 0 Å². The Morgan fingerprint density at radius 3 is 2.55 bits per heavy atom. The van der Waals surface area contributed by atoms with Crippen molar-refractivity contribution in [1.82, 2.24) is 29.9 Å². The Bertz CT molecular complexity index is 995. The van der Waals surface area contributed by atoms with Gasteiger partial charge in [-0.3, -0.25) is 4.90 Å². The SMILES string of the molecule is O=C(N1CC[C@@H](c2nnc[nH]2)C1)N1CC2(CCN(Cc3ccc(C(F)(F)F)cc3F)CC2)C1. The molecule has 33 heavy (non-hydrogen) atoms. The van der Waals surface area contributed by atoms with E-state index in [1.54, 1.807) is 6.33 Å². The molecule has 3 saturated heterocycles. The van der Waals surface area contributed by atoms with Gasteiger partial charge in [0.1, 0.15) is 18.0 Å². The molecule has 0 aliphatic carbocycles. The van der Waals surface area contributed by atoms with Gasteiger partial charge in [0, 0.05) is 49.6 Å². The van der Waals surface area contributed by atoms with E-state index in [1.807, 2.05) is 9.80 Å². The Balaban J connectivity index is 1.10. The van der Waals surface area contributed by atoms with Crippen molar-refractivity contribution >= 4 is 6.03 Å². The van der Waals surface area contributed by atoms with Gasteiger partial charge >= 0.3 is 12.2 Å². The number of nitrogens with zero attached hydrogens (tertiary/aromatic N) is 5. The fourth-order valence-corrected chi connectivity index (χ4v) is 5.26. The van der Waals surface area contributed by atoms with Crippen LogP contribution in [-0.2, 0) is 12.7 Å². The zero-order valence-electron chi connectivity index (χ0n) is 18.1. The van der Waals surface area contributed by atoms with E-state index in [1.165, 1.54) is 6.07 Å². The molecule has 11 heteroatoms. The fraction of sp³-hybridized carbons (Fsp3) is 0.591. The Kier molecular flexibility index (Phi) is 5.54. The monoisotopic (exact) mass is 466 g/mol. The third kappa shape index (κ3) is 4.42. The minimum atomic E-state index is -4.55. The highest BCUT2D eigenvalue weighted by Gasteiger charge is 2.48. The number of hydrogen-bond donors (Lipinski definition) is 1. The first-order valence-electron chi connectivity index (χ1n) is 11.2. The van der Waals surface area contributed by atoms with Crippen molar-refractivity contribution in [2.75, 3.05) is 39.3 Å². The summed E-state index contributed by atoms with van der Waals surface area (Å²) in [7, 11) is 0. The third-order valence-corrected chi connectivity index (χ3v) is 7.30. The lowest BCUT2D eigenvalue weighted by Crippen LogP contribution is -2.63. The number of hydrogen-bond acceptors (Lipinski definition) is 4. The largest absolute Gasteiger partial charge is 0.416 e. The Hall–Kier alpha value is -2.69. The van der Waals surface area contributed by atoms with Crippen LogP contribution in [-0.4, -0.2) is 75.2 Å². The highest BCUT2D eigenvalue weighted by molar-refractivity contribution is 5.76. The molecule has 3 aliphatic heterocycles. The summed E-state index contributed by atoms with van der Waals surface area (Å²) in [6.45, 7) is 4.55. The topological polar surface area (TPSA) is 68.4 Å². The number of benzene rings is 1. The maximum atomic E-state index is 14.2. The predicted molar refractivity (Wildman–Crippen MR) is 111 cm³/mol. The summed E-state index contributed by atoms with van der Waals surface area (Å²) < 4.78 is 52.4. The van der Waals surface area contributed by atoms with Crippen molar-refractivity contribution in [3.05, 3.63) is 47.3 Å². The Morgan fingerprint density at radius 1 is 1.15 bits per heavy atom. The van der Waals surface area contributed by atoms with Gasteiger partial charge in [0.2, 0.25) is 0 Å². The van der Waals surface area contributed by atoms with Gasteiger partial charge in [-0.05, 0) is 44.5 Å². The van der Waals surface area contributed by atoms with Crippen LogP contribution in [0.4, 0.5) is 22.4 Å². The van der Waals surface area contributed by atoms with E-state index in [-0.39, 0.29) is 22.9 Å². The number of carbonyl (C=O) groups is 1. The van der Waals surface area contributed by atoms with Crippen molar-refractivity contribution in [2.45, 2.75) is 37.9 Å². The molecule has 1 aromatic heterocycles. The maximum absolute atomic E-state index is 14.2. The van der Waals surface area contributed by atoms with Crippen LogP contribution in [0.15, 0.2) is 24.5 Å². The number of H-pyrrole nitrogens is 1. The number of amides is 2. The van der Waals surface area contributed by atoms with Gasteiger partial charge in [-0.1, -0.05) is 6.07 Å². The number of nitrogens with one attached hydrogen (secondary N) is 1. The smallest absolute Gasteiger partial charge is 0.331 e. The minimum Gasteiger partial charge on any atom is -0.331 e. The minimum absolute atomic E-state index is 0.0666. The number of aromatic amines is 1. The second-order valence-electron chi connectivity index (χ2n) is 9.52. The number of halogens is 4. The standard InChI is InChI=1S/C22H26F4N6O/c23-18-9-17(22(24,25)26)2-1-15(18)10-30-7-4-21(5-8-30)12-32(13-21)20(33)31-6-3-16(11-31)19-27-14-28-29-19/h1-2,9,14,16H,3-8,10-13H2,(H,27,28,29)/t16-/m1/s1. The van der Waals surface area contributed by atoms with Crippen LogP contribution in [0.1, 0.15) is 42.1 Å².